The summed E-state index contributed by atoms with van der Waals surface area (Å²) in [7, 11) is 0. The molecule has 0 saturated carbocycles. The monoisotopic (exact) mass is 358 g/mol. The largest absolute Gasteiger partial charge is 0.338 e. The lowest BCUT2D eigenvalue weighted by Gasteiger charge is -2.29. The molecule has 1 aliphatic heterocycles. The summed E-state index contributed by atoms with van der Waals surface area (Å²) in [4.78, 5) is 27.3. The molecule has 2 heterocycles. The first-order valence-electron chi connectivity index (χ1n) is 8.73. The number of likely N-dealkylation sites (tertiary alicyclic amines) is 1. The van der Waals surface area contributed by atoms with E-state index in [0.717, 1.165) is 24.9 Å². The van der Waals surface area contributed by atoms with Gasteiger partial charge in [-0.05, 0) is 18.4 Å². The summed E-state index contributed by atoms with van der Waals surface area (Å²) in [5.41, 5.74) is 0.947. The van der Waals surface area contributed by atoms with Gasteiger partial charge in [0, 0.05) is 24.9 Å². The van der Waals surface area contributed by atoms with Crippen LogP contribution in [0.4, 0.5) is 4.79 Å². The smallest absolute Gasteiger partial charge is 0.321 e. The molecule has 0 spiro atoms. The Morgan fingerprint density at radius 3 is 2.72 bits per heavy atom. The fourth-order valence-electron chi connectivity index (χ4n) is 3.60. The first-order valence-corrected chi connectivity index (χ1v) is 9.61. The van der Waals surface area contributed by atoms with Gasteiger partial charge in [0.15, 0.2) is 6.04 Å². The topological polar surface area (TPSA) is 62.6 Å². The molecule has 3 atom stereocenters. The van der Waals surface area contributed by atoms with Crippen LogP contribution in [0.3, 0.4) is 0 Å². The van der Waals surface area contributed by atoms with Gasteiger partial charge in [-0.2, -0.15) is 0 Å². The number of nitrogens with one attached hydrogen (secondary N) is 3. The van der Waals surface area contributed by atoms with Crippen LogP contribution in [0.1, 0.15) is 42.3 Å². The van der Waals surface area contributed by atoms with Crippen molar-refractivity contribution in [2.45, 2.75) is 31.8 Å². The minimum Gasteiger partial charge on any atom is -0.338 e. The van der Waals surface area contributed by atoms with Crippen molar-refractivity contribution in [1.82, 2.24) is 10.6 Å². The van der Waals surface area contributed by atoms with Crippen LogP contribution in [0, 0.1) is 0 Å². The van der Waals surface area contributed by atoms with E-state index >= 15 is 0 Å². The van der Waals surface area contributed by atoms with E-state index in [-0.39, 0.29) is 5.91 Å². The van der Waals surface area contributed by atoms with Gasteiger partial charge in [-0.25, -0.2) is 4.79 Å². The normalized spacial score (nSPS) is 20.8. The number of carbonyl (C=O) groups is 2. The molecule has 1 fully saturated rings. The summed E-state index contributed by atoms with van der Waals surface area (Å²) < 4.78 is 0. The molecule has 1 aromatic carbocycles. The fraction of sp³-hybridized carbons (Fsp3) is 0.368. The third kappa shape index (κ3) is 4.08. The Hall–Kier alpha value is -2.18. The summed E-state index contributed by atoms with van der Waals surface area (Å²) in [6.07, 6.45) is 2.14. The molecule has 25 heavy (non-hydrogen) atoms. The zero-order valence-corrected chi connectivity index (χ0v) is 15.1. The van der Waals surface area contributed by atoms with E-state index in [1.165, 1.54) is 9.78 Å². The average molecular weight is 358 g/mol. The predicted molar refractivity (Wildman–Crippen MR) is 98.5 cm³/mol. The molecule has 1 aliphatic rings. The van der Waals surface area contributed by atoms with E-state index < -0.39 is 12.1 Å². The van der Waals surface area contributed by atoms with Crippen molar-refractivity contribution in [3.05, 3.63) is 58.3 Å². The van der Waals surface area contributed by atoms with E-state index in [0.29, 0.717) is 12.6 Å². The van der Waals surface area contributed by atoms with Crippen molar-refractivity contribution in [3.63, 3.8) is 0 Å². The van der Waals surface area contributed by atoms with Crippen LogP contribution < -0.4 is 15.5 Å². The highest BCUT2D eigenvalue weighted by molar-refractivity contribution is 7.10. The van der Waals surface area contributed by atoms with Crippen molar-refractivity contribution in [1.29, 1.82) is 0 Å². The van der Waals surface area contributed by atoms with Crippen molar-refractivity contribution in [3.8, 4) is 0 Å². The quantitative estimate of drug-likeness (QED) is 0.766. The van der Waals surface area contributed by atoms with E-state index in [1.54, 1.807) is 11.3 Å². The third-order valence-electron chi connectivity index (χ3n) is 4.63. The molecule has 3 amide bonds. The molecular weight excluding hydrogens is 334 g/mol. The molecule has 0 bridgehead atoms. The Morgan fingerprint density at radius 2 is 2.04 bits per heavy atom. The van der Waals surface area contributed by atoms with Crippen LogP contribution in [0.5, 0.6) is 0 Å². The molecule has 5 nitrogen and oxygen atoms in total. The van der Waals surface area contributed by atoms with E-state index in [1.807, 2.05) is 37.3 Å². The van der Waals surface area contributed by atoms with Crippen LogP contribution in [0.15, 0.2) is 47.8 Å². The summed E-state index contributed by atoms with van der Waals surface area (Å²) in [6, 6.07) is 13.4. The maximum atomic E-state index is 12.9. The minimum absolute atomic E-state index is 0.240. The van der Waals surface area contributed by atoms with Gasteiger partial charge in [-0.15, -0.1) is 11.3 Å². The number of benzene rings is 1. The van der Waals surface area contributed by atoms with Gasteiger partial charge in [-0.3, -0.25) is 10.1 Å². The van der Waals surface area contributed by atoms with Crippen molar-refractivity contribution in [2.75, 3.05) is 13.1 Å². The second-order valence-electron chi connectivity index (χ2n) is 6.23. The van der Waals surface area contributed by atoms with E-state index in [2.05, 4.69) is 28.1 Å². The van der Waals surface area contributed by atoms with Crippen LogP contribution in [0.2, 0.25) is 0 Å². The standard InChI is InChI=1S/C19H23N3O2S/c1-2-20-19(24)21-18(23)17(14-8-4-3-5-9-14)22-12-6-10-15(22)16-11-7-13-25-16/h3-5,7-9,11,13,15,17H,2,6,10,12H2,1H3,(H2,20,21,23,24)/p+1/t15-,17+/m1/s1. The molecule has 6 heteroatoms. The molecule has 3 N–H and O–H groups in total. The summed E-state index contributed by atoms with van der Waals surface area (Å²) in [5, 5.41) is 7.23. The fourth-order valence-corrected chi connectivity index (χ4v) is 4.50. The van der Waals surface area contributed by atoms with Gasteiger partial charge in [-0.1, -0.05) is 36.4 Å². The number of hydrogen-bond donors (Lipinski definition) is 3. The highest BCUT2D eigenvalue weighted by Gasteiger charge is 2.41. The molecule has 2 aromatic rings. The number of hydrogen-bond acceptors (Lipinski definition) is 3. The molecule has 3 rings (SSSR count). The van der Waals surface area contributed by atoms with E-state index in [4.69, 9.17) is 0 Å². The zero-order chi connectivity index (χ0) is 17.6. The van der Waals surface area contributed by atoms with Gasteiger partial charge in [0.2, 0.25) is 0 Å². The first kappa shape index (κ1) is 17.6. The third-order valence-corrected chi connectivity index (χ3v) is 5.62. The van der Waals surface area contributed by atoms with Gasteiger partial charge < -0.3 is 10.2 Å². The average Bonchev–Trinajstić information content (AvgIpc) is 3.27. The Kier molecular flexibility index (Phi) is 5.83. The summed E-state index contributed by atoms with van der Waals surface area (Å²) in [5.74, 6) is -0.240. The Bertz CT molecular complexity index is 703. The molecule has 1 aromatic heterocycles. The maximum Gasteiger partial charge on any atom is 0.321 e. The molecule has 132 valence electrons. The van der Waals surface area contributed by atoms with Crippen LogP contribution in [-0.2, 0) is 4.79 Å². The second-order valence-corrected chi connectivity index (χ2v) is 7.21. The Morgan fingerprint density at radius 1 is 1.24 bits per heavy atom. The summed E-state index contributed by atoms with van der Waals surface area (Å²) in [6.45, 7) is 3.24. The number of carbonyl (C=O) groups excluding carboxylic acids is 2. The highest BCUT2D eigenvalue weighted by Crippen LogP contribution is 2.26. The van der Waals surface area contributed by atoms with Gasteiger partial charge >= 0.3 is 6.03 Å². The Labute approximate surface area is 152 Å². The molecule has 1 saturated heterocycles. The van der Waals surface area contributed by atoms with Gasteiger partial charge in [0.25, 0.3) is 5.91 Å². The maximum absolute atomic E-state index is 12.9. The number of urea groups is 1. The molecule has 0 radical (unpaired) electrons. The first-order chi connectivity index (χ1) is 12.2. The molecule has 0 aliphatic carbocycles. The molecular formula is C19H24N3O2S+. The van der Waals surface area contributed by atoms with Crippen molar-refractivity contribution in [2.24, 2.45) is 0 Å². The SMILES string of the molecule is CCNC(=O)NC(=O)[C@H](c1ccccc1)[NH+]1CCC[C@@H]1c1cccs1. The number of thiophene rings is 1. The van der Waals surface area contributed by atoms with Gasteiger partial charge in [0.05, 0.1) is 11.4 Å². The number of rotatable bonds is 5. The highest BCUT2D eigenvalue weighted by atomic mass is 32.1. The van der Waals surface area contributed by atoms with Gasteiger partial charge in [0.1, 0.15) is 6.04 Å². The predicted octanol–water partition coefficient (Wildman–Crippen LogP) is 2.05. The van der Waals surface area contributed by atoms with Crippen molar-refractivity contribution < 1.29 is 14.5 Å². The van der Waals surface area contributed by atoms with Crippen LogP contribution in [0.25, 0.3) is 0 Å². The lowest BCUT2D eigenvalue weighted by atomic mass is 10.0. The van der Waals surface area contributed by atoms with Crippen LogP contribution in [-0.4, -0.2) is 25.0 Å². The molecule has 1 unspecified atom stereocenters. The number of imide groups is 1. The van der Waals surface area contributed by atoms with E-state index in [9.17, 15) is 9.59 Å². The van der Waals surface area contributed by atoms with Crippen molar-refractivity contribution >= 4 is 23.3 Å². The van der Waals surface area contributed by atoms with Crippen LogP contribution >= 0.6 is 11.3 Å². The number of quaternary nitrogens is 1. The minimum atomic E-state index is -0.431. The number of amides is 3. The lowest BCUT2D eigenvalue weighted by molar-refractivity contribution is -0.939. The Balaban J connectivity index is 1.88. The lowest BCUT2D eigenvalue weighted by Crippen LogP contribution is -3.11. The summed E-state index contributed by atoms with van der Waals surface area (Å²) >= 11 is 1.74. The second kappa shape index (κ2) is 8.27. The zero-order valence-electron chi connectivity index (χ0n) is 14.3.